The number of nitrogens with one attached hydrogen (secondary N) is 2. The molecule has 2 aromatic heterocycles. The van der Waals surface area contributed by atoms with Gasteiger partial charge in [-0.25, -0.2) is 9.78 Å². The SMILES string of the molecule is CCOC(=O)c1cc(CC)sc1NC(=O)CSc1nc2ccccc2[nH]1. The Kier molecular flexibility index (Phi) is 5.95. The second-order valence-electron chi connectivity index (χ2n) is 5.43. The lowest BCUT2D eigenvalue weighted by Crippen LogP contribution is -2.16. The summed E-state index contributed by atoms with van der Waals surface area (Å²) in [4.78, 5) is 33.0. The predicted molar refractivity (Wildman–Crippen MR) is 105 cm³/mol. The standard InChI is InChI=1S/C18H19N3O3S2/c1-3-11-9-12(17(23)24-4-2)16(26-11)21-15(22)10-25-18-19-13-7-5-6-8-14(13)20-18/h5-9H,3-4,10H2,1-2H3,(H,19,20)(H,21,22). The minimum Gasteiger partial charge on any atom is -0.462 e. The molecule has 0 unspecified atom stereocenters. The number of carbonyl (C=O) groups excluding carboxylic acids is 2. The maximum Gasteiger partial charge on any atom is 0.341 e. The summed E-state index contributed by atoms with van der Waals surface area (Å²) in [7, 11) is 0. The Morgan fingerprint density at radius 3 is 2.85 bits per heavy atom. The molecule has 0 saturated heterocycles. The van der Waals surface area contributed by atoms with Crippen molar-refractivity contribution >= 4 is 51.0 Å². The number of aromatic amines is 1. The molecule has 2 heterocycles. The van der Waals surface area contributed by atoms with Crippen molar-refractivity contribution in [3.63, 3.8) is 0 Å². The summed E-state index contributed by atoms with van der Waals surface area (Å²) < 4.78 is 5.07. The number of fused-ring (bicyclic) bond motifs is 1. The summed E-state index contributed by atoms with van der Waals surface area (Å²) in [5.74, 6) is -0.407. The number of H-pyrrole nitrogens is 1. The monoisotopic (exact) mass is 389 g/mol. The van der Waals surface area contributed by atoms with E-state index in [0.29, 0.717) is 22.3 Å². The third kappa shape index (κ3) is 4.25. The molecule has 0 saturated carbocycles. The molecule has 8 heteroatoms. The normalized spacial score (nSPS) is 10.8. The van der Waals surface area contributed by atoms with Gasteiger partial charge in [0.05, 0.1) is 29.0 Å². The molecule has 1 amide bonds. The second kappa shape index (κ2) is 8.37. The van der Waals surface area contributed by atoms with E-state index in [1.165, 1.54) is 23.1 Å². The van der Waals surface area contributed by atoms with Crippen molar-refractivity contribution in [3.05, 3.63) is 40.8 Å². The minimum absolute atomic E-state index is 0.189. The van der Waals surface area contributed by atoms with Gasteiger partial charge in [0, 0.05) is 4.88 Å². The van der Waals surface area contributed by atoms with Crippen LogP contribution in [0.2, 0.25) is 0 Å². The molecular weight excluding hydrogens is 370 g/mol. The lowest BCUT2D eigenvalue weighted by atomic mass is 10.2. The molecular formula is C18H19N3O3S2. The highest BCUT2D eigenvalue weighted by molar-refractivity contribution is 7.99. The van der Waals surface area contributed by atoms with Crippen LogP contribution in [0.15, 0.2) is 35.5 Å². The van der Waals surface area contributed by atoms with E-state index in [9.17, 15) is 9.59 Å². The Morgan fingerprint density at radius 2 is 2.12 bits per heavy atom. The van der Waals surface area contributed by atoms with E-state index in [0.717, 1.165) is 22.3 Å². The fraction of sp³-hybridized carbons (Fsp3) is 0.278. The van der Waals surface area contributed by atoms with Gasteiger partial charge in [0.1, 0.15) is 5.00 Å². The molecule has 3 rings (SSSR count). The first-order valence-corrected chi connectivity index (χ1v) is 10.1. The number of esters is 1. The number of nitrogens with zero attached hydrogens (tertiary/aromatic N) is 1. The van der Waals surface area contributed by atoms with Crippen LogP contribution in [0.4, 0.5) is 5.00 Å². The van der Waals surface area contributed by atoms with E-state index in [1.807, 2.05) is 31.2 Å². The maximum atomic E-state index is 12.3. The first-order valence-electron chi connectivity index (χ1n) is 8.28. The number of thioether (sulfide) groups is 1. The Bertz CT molecular complexity index is 900. The fourth-order valence-corrected chi connectivity index (χ4v) is 4.05. The molecule has 1 aromatic carbocycles. The number of thiophene rings is 1. The zero-order chi connectivity index (χ0) is 18.5. The maximum absolute atomic E-state index is 12.3. The van der Waals surface area contributed by atoms with Crippen LogP contribution < -0.4 is 5.32 Å². The highest BCUT2D eigenvalue weighted by Crippen LogP contribution is 2.30. The smallest absolute Gasteiger partial charge is 0.341 e. The Balaban J connectivity index is 1.65. The number of anilines is 1. The first-order chi connectivity index (χ1) is 12.6. The van der Waals surface area contributed by atoms with Gasteiger partial charge in [-0.15, -0.1) is 11.3 Å². The molecule has 0 aliphatic carbocycles. The van der Waals surface area contributed by atoms with Crippen LogP contribution in [0.1, 0.15) is 29.1 Å². The number of hydrogen-bond donors (Lipinski definition) is 2. The molecule has 3 aromatic rings. The molecule has 0 atom stereocenters. The van der Waals surface area contributed by atoms with Crippen LogP contribution in [0, 0.1) is 0 Å². The topological polar surface area (TPSA) is 84.1 Å². The molecule has 26 heavy (non-hydrogen) atoms. The van der Waals surface area contributed by atoms with Gasteiger partial charge >= 0.3 is 5.97 Å². The molecule has 136 valence electrons. The van der Waals surface area contributed by atoms with E-state index >= 15 is 0 Å². The number of carbonyl (C=O) groups is 2. The van der Waals surface area contributed by atoms with Gasteiger partial charge < -0.3 is 15.0 Å². The lowest BCUT2D eigenvalue weighted by Gasteiger charge is -2.05. The summed E-state index contributed by atoms with van der Waals surface area (Å²) in [5, 5.41) is 4.05. The third-order valence-electron chi connectivity index (χ3n) is 3.59. The number of aryl methyl sites for hydroxylation is 1. The summed E-state index contributed by atoms with van der Waals surface area (Å²) in [6.07, 6.45) is 0.792. The number of benzene rings is 1. The van der Waals surface area contributed by atoms with Gasteiger partial charge in [-0.2, -0.15) is 0 Å². The van der Waals surface area contributed by atoms with Crippen LogP contribution in [0.5, 0.6) is 0 Å². The average Bonchev–Trinajstić information content (AvgIpc) is 3.23. The molecule has 0 aliphatic heterocycles. The minimum atomic E-state index is -0.413. The molecule has 0 fully saturated rings. The highest BCUT2D eigenvalue weighted by atomic mass is 32.2. The van der Waals surface area contributed by atoms with E-state index in [1.54, 1.807) is 13.0 Å². The zero-order valence-corrected chi connectivity index (χ0v) is 16.1. The zero-order valence-electron chi connectivity index (χ0n) is 14.5. The number of rotatable bonds is 7. The van der Waals surface area contributed by atoms with E-state index in [2.05, 4.69) is 15.3 Å². The third-order valence-corrected chi connectivity index (χ3v) is 5.66. The van der Waals surface area contributed by atoms with Gasteiger partial charge in [-0.1, -0.05) is 30.8 Å². The number of amides is 1. The van der Waals surface area contributed by atoms with Crippen molar-refractivity contribution in [2.45, 2.75) is 25.4 Å². The predicted octanol–water partition coefficient (Wildman–Crippen LogP) is 4.09. The van der Waals surface area contributed by atoms with E-state index in [-0.39, 0.29) is 11.7 Å². The van der Waals surface area contributed by atoms with Crippen molar-refractivity contribution in [1.29, 1.82) is 0 Å². The number of aromatic nitrogens is 2. The molecule has 0 spiro atoms. The average molecular weight is 390 g/mol. The number of hydrogen-bond acceptors (Lipinski definition) is 6. The number of imidazole rings is 1. The lowest BCUT2D eigenvalue weighted by molar-refractivity contribution is -0.113. The van der Waals surface area contributed by atoms with Crippen molar-refractivity contribution < 1.29 is 14.3 Å². The summed E-state index contributed by atoms with van der Waals surface area (Å²) in [6, 6.07) is 9.49. The van der Waals surface area contributed by atoms with Gasteiger partial charge in [-0.3, -0.25) is 4.79 Å². The largest absolute Gasteiger partial charge is 0.462 e. The molecule has 0 aliphatic rings. The second-order valence-corrected chi connectivity index (χ2v) is 7.53. The van der Waals surface area contributed by atoms with Crippen molar-refractivity contribution in [3.8, 4) is 0 Å². The Morgan fingerprint density at radius 1 is 1.31 bits per heavy atom. The number of para-hydroxylation sites is 2. The van der Waals surface area contributed by atoms with E-state index < -0.39 is 5.97 Å². The quantitative estimate of drug-likeness (QED) is 0.470. The summed E-state index contributed by atoms with van der Waals surface area (Å²) in [6.45, 7) is 4.06. The van der Waals surface area contributed by atoms with Crippen LogP contribution in [-0.2, 0) is 16.0 Å². The van der Waals surface area contributed by atoms with Crippen LogP contribution in [-0.4, -0.2) is 34.2 Å². The molecule has 2 N–H and O–H groups in total. The van der Waals surface area contributed by atoms with E-state index in [4.69, 9.17) is 4.74 Å². The van der Waals surface area contributed by atoms with Crippen molar-refractivity contribution in [2.24, 2.45) is 0 Å². The van der Waals surface area contributed by atoms with Crippen molar-refractivity contribution in [2.75, 3.05) is 17.7 Å². The molecule has 0 bridgehead atoms. The van der Waals surface area contributed by atoms with Gasteiger partial charge in [0.15, 0.2) is 5.16 Å². The Hall–Kier alpha value is -2.32. The van der Waals surface area contributed by atoms with Gasteiger partial charge in [0.25, 0.3) is 0 Å². The number of ether oxygens (including phenoxy) is 1. The molecule has 0 radical (unpaired) electrons. The van der Waals surface area contributed by atoms with Crippen molar-refractivity contribution in [1.82, 2.24) is 9.97 Å². The fourth-order valence-electron chi connectivity index (χ4n) is 2.36. The van der Waals surface area contributed by atoms with Crippen LogP contribution in [0.25, 0.3) is 11.0 Å². The first kappa shape index (κ1) is 18.5. The van der Waals surface area contributed by atoms with Crippen LogP contribution in [0.3, 0.4) is 0 Å². The Labute approximate surface area is 159 Å². The van der Waals surface area contributed by atoms with Gasteiger partial charge in [0.2, 0.25) is 5.91 Å². The summed E-state index contributed by atoms with van der Waals surface area (Å²) in [5.41, 5.74) is 2.22. The molecule has 6 nitrogen and oxygen atoms in total. The van der Waals surface area contributed by atoms with Crippen LogP contribution >= 0.6 is 23.1 Å². The highest BCUT2D eigenvalue weighted by Gasteiger charge is 2.19. The van der Waals surface area contributed by atoms with Gasteiger partial charge in [-0.05, 0) is 31.5 Å². The summed E-state index contributed by atoms with van der Waals surface area (Å²) >= 11 is 2.72.